The zero-order valence-electron chi connectivity index (χ0n) is 22.2. The maximum Gasteiger partial charge on any atom is 0.305 e. The predicted molar refractivity (Wildman–Crippen MR) is 143 cm³/mol. The van der Waals surface area contributed by atoms with Gasteiger partial charge in [-0.05, 0) is 67.5 Å². The molecule has 0 radical (unpaired) electrons. The molecule has 8 heteroatoms. The predicted octanol–water partition coefficient (Wildman–Crippen LogP) is 4.76. The molecule has 0 saturated carbocycles. The maximum absolute atomic E-state index is 13.6. The number of carboxylic acid groups (broad SMARTS) is 1. The zero-order valence-corrected chi connectivity index (χ0v) is 22.2. The first kappa shape index (κ1) is 27.6. The number of benzene rings is 1. The number of methoxy groups -OCH3 is 1. The van der Waals surface area contributed by atoms with Gasteiger partial charge in [-0.25, -0.2) is 4.98 Å². The number of carbonyl (C=O) groups is 2. The summed E-state index contributed by atoms with van der Waals surface area (Å²) in [6.07, 6.45) is 3.33. The Labute approximate surface area is 217 Å². The molecule has 8 nitrogen and oxygen atoms in total. The number of rotatable bonds is 10. The lowest BCUT2D eigenvalue weighted by molar-refractivity contribution is -0.138. The van der Waals surface area contributed by atoms with Gasteiger partial charge in [-0.2, -0.15) is 0 Å². The number of aromatic nitrogens is 2. The number of nitrogens with one attached hydrogen (secondary N) is 1. The van der Waals surface area contributed by atoms with Crippen LogP contribution in [0.4, 0.5) is 0 Å². The fourth-order valence-corrected chi connectivity index (χ4v) is 4.62. The van der Waals surface area contributed by atoms with E-state index in [1.165, 1.54) is 17.7 Å². The third kappa shape index (κ3) is 6.64. The summed E-state index contributed by atoms with van der Waals surface area (Å²) in [5.41, 5.74) is 4.85. The van der Waals surface area contributed by atoms with Crippen LogP contribution >= 0.6 is 0 Å². The summed E-state index contributed by atoms with van der Waals surface area (Å²) in [5, 5.41) is 12.6. The van der Waals surface area contributed by atoms with E-state index < -0.39 is 24.0 Å². The molecule has 2 aromatic heterocycles. The van der Waals surface area contributed by atoms with Gasteiger partial charge < -0.3 is 19.7 Å². The van der Waals surface area contributed by atoms with Gasteiger partial charge in [0.15, 0.2) is 0 Å². The van der Waals surface area contributed by atoms with Crippen LogP contribution in [0.2, 0.25) is 0 Å². The van der Waals surface area contributed by atoms with Gasteiger partial charge in [0.05, 0.1) is 19.6 Å². The molecule has 0 spiro atoms. The highest BCUT2D eigenvalue weighted by molar-refractivity contribution is 5.82. The molecule has 0 saturated heterocycles. The van der Waals surface area contributed by atoms with E-state index >= 15 is 0 Å². The highest BCUT2D eigenvalue weighted by atomic mass is 16.5. The molecule has 0 fully saturated rings. The molecule has 0 aliphatic rings. The van der Waals surface area contributed by atoms with Gasteiger partial charge in [0.25, 0.3) is 5.56 Å². The first-order valence-corrected chi connectivity index (χ1v) is 12.3. The van der Waals surface area contributed by atoms with Crippen molar-refractivity contribution in [2.75, 3.05) is 7.11 Å². The second-order valence-corrected chi connectivity index (χ2v) is 9.84. The number of ether oxygens (including phenoxy) is 1. The first-order valence-electron chi connectivity index (χ1n) is 12.3. The number of hydrogen-bond acceptors (Lipinski definition) is 5. The summed E-state index contributed by atoms with van der Waals surface area (Å²) < 4.78 is 6.88. The quantitative estimate of drug-likeness (QED) is 0.411. The molecular formula is C29H35N3O5. The van der Waals surface area contributed by atoms with Crippen LogP contribution in [0, 0.1) is 26.7 Å². The normalized spacial score (nSPS) is 12.7. The smallest absolute Gasteiger partial charge is 0.305 e. The van der Waals surface area contributed by atoms with Gasteiger partial charge in [0.2, 0.25) is 11.8 Å². The van der Waals surface area contributed by atoms with Crippen molar-refractivity contribution in [2.24, 2.45) is 5.92 Å². The summed E-state index contributed by atoms with van der Waals surface area (Å²) in [7, 11) is 1.46. The molecule has 2 N–H and O–H groups in total. The lowest BCUT2D eigenvalue weighted by Gasteiger charge is -2.26. The Kier molecular flexibility index (Phi) is 8.86. The number of aliphatic carboxylic acids is 1. The molecule has 3 rings (SSSR count). The molecule has 196 valence electrons. The lowest BCUT2D eigenvalue weighted by atomic mass is 9.94. The number of nitrogens with zero attached hydrogens (tertiary/aromatic N) is 2. The largest absolute Gasteiger partial charge is 0.481 e. The van der Waals surface area contributed by atoms with Crippen LogP contribution in [0.3, 0.4) is 0 Å². The van der Waals surface area contributed by atoms with Crippen molar-refractivity contribution in [3.63, 3.8) is 0 Å². The fourth-order valence-electron chi connectivity index (χ4n) is 4.62. The topological polar surface area (TPSA) is 111 Å². The molecule has 37 heavy (non-hydrogen) atoms. The average molecular weight is 506 g/mol. The van der Waals surface area contributed by atoms with Crippen LogP contribution < -0.4 is 15.6 Å². The molecule has 1 aromatic carbocycles. The highest BCUT2D eigenvalue weighted by Gasteiger charge is 2.29. The zero-order chi connectivity index (χ0) is 27.3. The summed E-state index contributed by atoms with van der Waals surface area (Å²) in [5.74, 6) is -1.18. The van der Waals surface area contributed by atoms with E-state index in [4.69, 9.17) is 4.74 Å². The Hall–Kier alpha value is -3.94. The number of carbonyl (C=O) groups excluding carboxylic acids is 1. The van der Waals surface area contributed by atoms with E-state index in [9.17, 15) is 19.5 Å². The van der Waals surface area contributed by atoms with E-state index in [1.54, 1.807) is 18.5 Å². The fraction of sp³-hybridized carbons (Fsp3) is 0.379. The molecule has 0 bridgehead atoms. The maximum atomic E-state index is 13.6. The standard InChI is InChI=1S/C29H35N3O5/c1-17(2)12-24(32-11-10-18(3)13-25(32)33)28(36)31-23(15-26(34)35)22-14-21(16-30-29(22)37-6)27-19(4)8-7-9-20(27)5/h7-11,13-14,16-17,23-24H,12,15H2,1-6H3,(H,31,36)(H,34,35)/t23-,24-/m1/s1. The van der Waals surface area contributed by atoms with Crippen LogP contribution in [0.25, 0.3) is 11.1 Å². The molecule has 3 aromatic rings. The van der Waals surface area contributed by atoms with Gasteiger partial charge in [-0.3, -0.25) is 14.4 Å². The Morgan fingerprint density at radius 2 is 1.78 bits per heavy atom. The number of hydrogen-bond donors (Lipinski definition) is 2. The lowest BCUT2D eigenvalue weighted by Crippen LogP contribution is -2.40. The molecule has 2 atom stereocenters. The minimum atomic E-state index is -1.09. The number of carboxylic acids is 1. The SMILES string of the molecule is COc1ncc(-c2c(C)cccc2C)cc1[C@@H](CC(=O)O)NC(=O)[C@@H](CC(C)C)n1ccc(C)cc1=O. The van der Waals surface area contributed by atoms with E-state index in [-0.39, 0.29) is 23.8 Å². The molecule has 0 aliphatic carbocycles. The third-order valence-corrected chi connectivity index (χ3v) is 6.35. The Morgan fingerprint density at radius 1 is 1.11 bits per heavy atom. The van der Waals surface area contributed by atoms with Crippen molar-refractivity contribution in [1.82, 2.24) is 14.9 Å². The number of pyridine rings is 2. The van der Waals surface area contributed by atoms with Crippen LogP contribution in [-0.4, -0.2) is 33.6 Å². The van der Waals surface area contributed by atoms with Crippen LogP contribution in [0.5, 0.6) is 5.88 Å². The van der Waals surface area contributed by atoms with Crippen molar-refractivity contribution in [1.29, 1.82) is 0 Å². The minimum absolute atomic E-state index is 0.116. The second-order valence-electron chi connectivity index (χ2n) is 9.84. The van der Waals surface area contributed by atoms with Gasteiger partial charge in [-0.15, -0.1) is 0 Å². The van der Waals surface area contributed by atoms with Crippen LogP contribution in [-0.2, 0) is 9.59 Å². The summed E-state index contributed by atoms with van der Waals surface area (Å²) in [6, 6.07) is 9.33. The van der Waals surface area contributed by atoms with Crippen molar-refractivity contribution in [2.45, 2.75) is 59.5 Å². The van der Waals surface area contributed by atoms with Gasteiger partial charge in [-0.1, -0.05) is 32.0 Å². The monoisotopic (exact) mass is 505 g/mol. The van der Waals surface area contributed by atoms with E-state index in [1.807, 2.05) is 58.9 Å². The number of aryl methyl sites for hydroxylation is 3. The molecule has 1 amide bonds. The van der Waals surface area contributed by atoms with E-state index in [2.05, 4.69) is 10.3 Å². The Morgan fingerprint density at radius 3 is 2.35 bits per heavy atom. The number of amides is 1. The van der Waals surface area contributed by atoms with Gasteiger partial charge >= 0.3 is 5.97 Å². The third-order valence-electron chi connectivity index (χ3n) is 6.35. The van der Waals surface area contributed by atoms with Crippen molar-refractivity contribution >= 4 is 11.9 Å². The first-order chi connectivity index (χ1) is 17.5. The van der Waals surface area contributed by atoms with E-state index in [0.717, 1.165) is 27.8 Å². The summed E-state index contributed by atoms with van der Waals surface area (Å²) in [4.78, 5) is 42.7. The van der Waals surface area contributed by atoms with E-state index in [0.29, 0.717) is 12.0 Å². The molecule has 0 unspecified atom stereocenters. The van der Waals surface area contributed by atoms with Gasteiger partial charge in [0, 0.05) is 29.6 Å². The Bertz CT molecular complexity index is 1330. The minimum Gasteiger partial charge on any atom is -0.481 e. The summed E-state index contributed by atoms with van der Waals surface area (Å²) >= 11 is 0. The van der Waals surface area contributed by atoms with Crippen molar-refractivity contribution in [3.8, 4) is 17.0 Å². The Balaban J connectivity index is 2.07. The molecule has 0 aliphatic heterocycles. The highest BCUT2D eigenvalue weighted by Crippen LogP contribution is 2.33. The average Bonchev–Trinajstić information content (AvgIpc) is 2.82. The van der Waals surface area contributed by atoms with Gasteiger partial charge in [0.1, 0.15) is 6.04 Å². The van der Waals surface area contributed by atoms with Crippen LogP contribution in [0.1, 0.15) is 61.0 Å². The van der Waals surface area contributed by atoms with Crippen molar-refractivity contribution < 1.29 is 19.4 Å². The van der Waals surface area contributed by atoms with Crippen molar-refractivity contribution in [3.05, 3.63) is 81.4 Å². The molecular weight excluding hydrogens is 470 g/mol. The molecule has 2 heterocycles. The second kappa shape index (κ2) is 11.9. The summed E-state index contributed by atoms with van der Waals surface area (Å²) in [6.45, 7) is 9.75. The van der Waals surface area contributed by atoms with Crippen LogP contribution in [0.15, 0.2) is 53.6 Å².